The van der Waals surface area contributed by atoms with E-state index in [1.807, 2.05) is 11.0 Å². The highest BCUT2D eigenvalue weighted by molar-refractivity contribution is 5.97. The first kappa shape index (κ1) is 25.1. The number of fused-ring (bicyclic) bond motifs is 1. The number of para-hydroxylation sites is 2. The molecule has 1 unspecified atom stereocenters. The van der Waals surface area contributed by atoms with Crippen molar-refractivity contribution >= 4 is 22.6 Å². The minimum Gasteiger partial charge on any atom is -0.494 e. The number of carbonyl (C=O) groups is 1. The lowest BCUT2D eigenvalue weighted by atomic mass is 9.87. The molecular weight excluding hydrogens is 458 g/mol. The SMILES string of the molecule is Cc1ccc(N2CC(c3nc4ccccc4n3CCCOc3ccc(C(C)(C)C)cc3)CC2=O)c(C)c1. The molecule has 0 N–H and O–H groups in total. The van der Waals surface area contributed by atoms with Crippen LogP contribution in [0.2, 0.25) is 0 Å². The number of aryl methyl sites for hydroxylation is 3. The molecule has 0 bridgehead atoms. The smallest absolute Gasteiger partial charge is 0.227 e. The third-order valence-corrected chi connectivity index (χ3v) is 7.33. The van der Waals surface area contributed by atoms with Crippen LogP contribution in [0.25, 0.3) is 11.0 Å². The summed E-state index contributed by atoms with van der Waals surface area (Å²) in [6.45, 7) is 12.9. The van der Waals surface area contributed by atoms with Gasteiger partial charge < -0.3 is 14.2 Å². The Hall–Kier alpha value is -3.60. The van der Waals surface area contributed by atoms with Gasteiger partial charge in [0.25, 0.3) is 0 Å². The Labute approximate surface area is 220 Å². The number of rotatable bonds is 7. The van der Waals surface area contributed by atoms with Gasteiger partial charge in [0, 0.05) is 31.1 Å². The van der Waals surface area contributed by atoms with Crippen molar-refractivity contribution < 1.29 is 9.53 Å². The number of aromatic nitrogens is 2. The van der Waals surface area contributed by atoms with Crippen LogP contribution in [0.4, 0.5) is 5.69 Å². The van der Waals surface area contributed by atoms with Crippen LogP contribution in [0.5, 0.6) is 5.75 Å². The Morgan fingerprint density at radius 2 is 1.76 bits per heavy atom. The number of hydrogen-bond donors (Lipinski definition) is 0. The van der Waals surface area contributed by atoms with Gasteiger partial charge in [0.1, 0.15) is 11.6 Å². The maximum absolute atomic E-state index is 13.1. The second-order valence-corrected chi connectivity index (χ2v) is 11.3. The van der Waals surface area contributed by atoms with E-state index in [0.29, 0.717) is 19.6 Å². The highest BCUT2D eigenvalue weighted by Crippen LogP contribution is 2.35. The molecule has 1 aliphatic rings. The van der Waals surface area contributed by atoms with Crippen LogP contribution in [0.3, 0.4) is 0 Å². The number of carbonyl (C=O) groups excluding carboxylic acids is 1. The molecule has 3 aromatic carbocycles. The summed E-state index contributed by atoms with van der Waals surface area (Å²) in [6.07, 6.45) is 1.34. The van der Waals surface area contributed by atoms with E-state index in [2.05, 4.69) is 99.8 Å². The van der Waals surface area contributed by atoms with Crippen LogP contribution in [0, 0.1) is 13.8 Å². The van der Waals surface area contributed by atoms with E-state index >= 15 is 0 Å². The van der Waals surface area contributed by atoms with Crippen LogP contribution < -0.4 is 9.64 Å². The van der Waals surface area contributed by atoms with Gasteiger partial charge in [-0.1, -0.05) is 62.7 Å². The average Bonchev–Trinajstić information content (AvgIpc) is 3.42. The molecule has 1 aliphatic heterocycles. The molecule has 5 nitrogen and oxygen atoms in total. The summed E-state index contributed by atoms with van der Waals surface area (Å²) in [5.41, 5.74) is 6.88. The topological polar surface area (TPSA) is 47.4 Å². The Morgan fingerprint density at radius 3 is 2.49 bits per heavy atom. The van der Waals surface area contributed by atoms with Crippen molar-refractivity contribution in [3.8, 4) is 5.75 Å². The van der Waals surface area contributed by atoms with Gasteiger partial charge in [-0.15, -0.1) is 0 Å². The van der Waals surface area contributed by atoms with E-state index in [1.54, 1.807) is 0 Å². The molecule has 5 rings (SSSR count). The number of ether oxygens (including phenoxy) is 1. The Morgan fingerprint density at radius 1 is 1.00 bits per heavy atom. The predicted octanol–water partition coefficient (Wildman–Crippen LogP) is 6.94. The molecule has 0 radical (unpaired) electrons. The predicted molar refractivity (Wildman–Crippen MR) is 151 cm³/mol. The van der Waals surface area contributed by atoms with Crippen molar-refractivity contribution in [3.63, 3.8) is 0 Å². The number of imidazole rings is 1. The van der Waals surface area contributed by atoms with E-state index in [1.165, 1.54) is 11.1 Å². The summed E-state index contributed by atoms with van der Waals surface area (Å²) in [6, 6.07) is 23.0. The summed E-state index contributed by atoms with van der Waals surface area (Å²) >= 11 is 0. The molecule has 1 saturated heterocycles. The highest BCUT2D eigenvalue weighted by Gasteiger charge is 2.35. The van der Waals surface area contributed by atoms with Gasteiger partial charge in [0.2, 0.25) is 5.91 Å². The van der Waals surface area contributed by atoms with Crippen LogP contribution >= 0.6 is 0 Å². The molecule has 192 valence electrons. The largest absolute Gasteiger partial charge is 0.494 e. The lowest BCUT2D eigenvalue weighted by Gasteiger charge is -2.20. The molecule has 1 aromatic heterocycles. The minimum atomic E-state index is 0.0615. The zero-order valence-electron chi connectivity index (χ0n) is 22.6. The van der Waals surface area contributed by atoms with E-state index in [9.17, 15) is 4.79 Å². The van der Waals surface area contributed by atoms with Gasteiger partial charge in [0.05, 0.1) is 17.6 Å². The summed E-state index contributed by atoms with van der Waals surface area (Å²) in [5, 5.41) is 0. The monoisotopic (exact) mass is 495 g/mol. The first-order valence-corrected chi connectivity index (χ1v) is 13.3. The summed E-state index contributed by atoms with van der Waals surface area (Å²) < 4.78 is 8.36. The second-order valence-electron chi connectivity index (χ2n) is 11.3. The van der Waals surface area contributed by atoms with E-state index < -0.39 is 0 Å². The number of nitrogens with zero attached hydrogens (tertiary/aromatic N) is 3. The van der Waals surface area contributed by atoms with E-state index in [-0.39, 0.29) is 17.2 Å². The molecule has 0 aliphatic carbocycles. The number of amides is 1. The maximum atomic E-state index is 13.1. The standard InChI is InChI=1S/C32H37N3O2/c1-22-11-16-28(23(2)19-22)35-21-24(20-30(35)36)31-33-27-9-6-7-10-29(27)34(31)17-8-18-37-26-14-12-25(13-15-26)32(3,4)5/h6-7,9-16,19,24H,8,17-18,20-21H2,1-5H3. The molecule has 0 saturated carbocycles. The van der Waals surface area contributed by atoms with Crippen molar-refractivity contribution in [3.05, 3.63) is 89.2 Å². The lowest BCUT2D eigenvalue weighted by Crippen LogP contribution is -2.25. The van der Waals surface area contributed by atoms with Crippen LogP contribution in [0.15, 0.2) is 66.7 Å². The molecule has 0 spiro atoms. The van der Waals surface area contributed by atoms with Crippen molar-refractivity contribution in [2.24, 2.45) is 0 Å². The second kappa shape index (κ2) is 10.0. The minimum absolute atomic E-state index is 0.0615. The zero-order chi connectivity index (χ0) is 26.2. The Bertz CT molecular complexity index is 1410. The normalized spacial score (nSPS) is 16.1. The van der Waals surface area contributed by atoms with Gasteiger partial charge in [-0.2, -0.15) is 0 Å². The molecular formula is C32H37N3O2. The Balaban J connectivity index is 1.31. The molecule has 2 heterocycles. The van der Waals surface area contributed by atoms with E-state index in [0.717, 1.165) is 46.8 Å². The van der Waals surface area contributed by atoms with Crippen LogP contribution in [-0.4, -0.2) is 28.6 Å². The zero-order valence-corrected chi connectivity index (χ0v) is 22.6. The fraction of sp³-hybridized carbons (Fsp3) is 0.375. The lowest BCUT2D eigenvalue weighted by molar-refractivity contribution is -0.117. The molecule has 5 heteroatoms. The van der Waals surface area contributed by atoms with Gasteiger partial charge in [0.15, 0.2) is 0 Å². The maximum Gasteiger partial charge on any atom is 0.227 e. The average molecular weight is 496 g/mol. The van der Waals surface area contributed by atoms with Gasteiger partial charge in [-0.25, -0.2) is 4.98 Å². The summed E-state index contributed by atoms with van der Waals surface area (Å²) in [7, 11) is 0. The van der Waals surface area contributed by atoms with Gasteiger partial charge >= 0.3 is 0 Å². The Kier molecular flexibility index (Phi) is 6.80. The quantitative estimate of drug-likeness (QED) is 0.261. The fourth-order valence-corrected chi connectivity index (χ4v) is 5.33. The summed E-state index contributed by atoms with van der Waals surface area (Å²) in [5.74, 6) is 2.12. The van der Waals surface area contributed by atoms with Gasteiger partial charge in [-0.05, 0) is 67.1 Å². The number of benzene rings is 3. The molecule has 1 fully saturated rings. The molecule has 37 heavy (non-hydrogen) atoms. The van der Waals surface area contributed by atoms with E-state index in [4.69, 9.17) is 9.72 Å². The van der Waals surface area contributed by atoms with Crippen molar-refractivity contribution in [2.75, 3.05) is 18.1 Å². The van der Waals surface area contributed by atoms with Crippen LogP contribution in [-0.2, 0) is 16.8 Å². The number of hydrogen-bond acceptors (Lipinski definition) is 3. The third-order valence-electron chi connectivity index (χ3n) is 7.33. The molecule has 1 amide bonds. The van der Waals surface area contributed by atoms with Crippen molar-refractivity contribution in [1.82, 2.24) is 9.55 Å². The first-order chi connectivity index (χ1) is 17.7. The summed E-state index contributed by atoms with van der Waals surface area (Å²) in [4.78, 5) is 20.0. The molecule has 4 aromatic rings. The third kappa shape index (κ3) is 5.27. The first-order valence-electron chi connectivity index (χ1n) is 13.3. The fourth-order valence-electron chi connectivity index (χ4n) is 5.33. The van der Waals surface area contributed by atoms with Gasteiger partial charge in [-0.3, -0.25) is 4.79 Å². The van der Waals surface area contributed by atoms with Crippen LogP contribution in [0.1, 0.15) is 62.0 Å². The van der Waals surface area contributed by atoms with Crippen molar-refractivity contribution in [1.29, 1.82) is 0 Å². The highest BCUT2D eigenvalue weighted by atomic mass is 16.5. The molecule has 1 atom stereocenters. The number of anilines is 1. The van der Waals surface area contributed by atoms with Crippen molar-refractivity contribution in [2.45, 2.75) is 65.3 Å².